The number of carbonyl (C=O) groups excluding carboxylic acids is 2. The van der Waals surface area contributed by atoms with Crippen LogP contribution < -0.4 is 0 Å². The summed E-state index contributed by atoms with van der Waals surface area (Å²) in [5, 5.41) is 0. The van der Waals surface area contributed by atoms with Gasteiger partial charge in [-0.1, -0.05) is 30.3 Å². The number of hydrogen-bond acceptors (Lipinski definition) is 4. The van der Waals surface area contributed by atoms with Crippen molar-refractivity contribution in [2.45, 2.75) is 6.42 Å². The van der Waals surface area contributed by atoms with Crippen molar-refractivity contribution < 1.29 is 14.3 Å². The van der Waals surface area contributed by atoms with Gasteiger partial charge in [0.25, 0.3) is 0 Å². The minimum atomic E-state index is -0.607. The molecule has 0 saturated heterocycles. The van der Waals surface area contributed by atoms with E-state index < -0.39 is 5.97 Å². The van der Waals surface area contributed by atoms with Gasteiger partial charge in [0.05, 0.1) is 7.11 Å². The van der Waals surface area contributed by atoms with E-state index in [0.29, 0.717) is 0 Å². The van der Waals surface area contributed by atoms with Crippen molar-refractivity contribution in [3.05, 3.63) is 47.7 Å². The zero-order chi connectivity index (χ0) is 13.5. The van der Waals surface area contributed by atoms with Crippen molar-refractivity contribution in [2.75, 3.05) is 21.2 Å². The molecule has 0 saturated carbocycles. The number of Topliss-reactive ketones (excluding diaryl/α,β-unsaturated/α-hetero) is 1. The molecule has 96 valence electrons. The predicted molar refractivity (Wildman–Crippen MR) is 68.9 cm³/mol. The Labute approximate surface area is 107 Å². The summed E-state index contributed by atoms with van der Waals surface area (Å²) >= 11 is 0. The highest BCUT2D eigenvalue weighted by Gasteiger charge is 2.19. The Kier molecular flexibility index (Phi) is 5.11. The van der Waals surface area contributed by atoms with E-state index in [2.05, 4.69) is 4.74 Å². The molecule has 4 heteroatoms. The number of ketones is 1. The average molecular weight is 247 g/mol. The standard InChI is InChI=1S/C14H17NO3/c1-15(2)10-12(14(17)18-3)13(16)9-11-7-5-4-6-8-11/h4-8,10H,9H2,1-3H3/b12-10-. The lowest BCUT2D eigenvalue weighted by atomic mass is 10.0. The number of nitrogens with zero attached hydrogens (tertiary/aromatic N) is 1. The van der Waals surface area contributed by atoms with Gasteiger partial charge in [0.15, 0.2) is 5.78 Å². The Balaban J connectivity index is 2.87. The monoisotopic (exact) mass is 247 g/mol. The number of carbonyl (C=O) groups is 2. The zero-order valence-electron chi connectivity index (χ0n) is 10.8. The van der Waals surface area contributed by atoms with E-state index in [1.807, 2.05) is 30.3 Å². The SMILES string of the molecule is COC(=O)/C(=C\N(C)C)C(=O)Cc1ccccc1. The van der Waals surface area contributed by atoms with Crippen LogP contribution in [0.25, 0.3) is 0 Å². The molecular weight excluding hydrogens is 230 g/mol. The van der Waals surface area contributed by atoms with Gasteiger partial charge in [-0.2, -0.15) is 0 Å². The van der Waals surface area contributed by atoms with Gasteiger partial charge in [-0.3, -0.25) is 4.79 Å². The van der Waals surface area contributed by atoms with Crippen molar-refractivity contribution in [3.63, 3.8) is 0 Å². The van der Waals surface area contributed by atoms with Crippen LogP contribution in [0, 0.1) is 0 Å². The fourth-order valence-electron chi connectivity index (χ4n) is 1.48. The molecule has 0 atom stereocenters. The van der Waals surface area contributed by atoms with Crippen LogP contribution in [-0.4, -0.2) is 37.9 Å². The number of methoxy groups -OCH3 is 1. The van der Waals surface area contributed by atoms with Gasteiger partial charge < -0.3 is 9.64 Å². The normalized spacial score (nSPS) is 10.9. The molecule has 0 fully saturated rings. The maximum atomic E-state index is 12.1. The fraction of sp³-hybridized carbons (Fsp3) is 0.286. The molecule has 0 amide bonds. The summed E-state index contributed by atoms with van der Waals surface area (Å²) in [7, 11) is 4.76. The van der Waals surface area contributed by atoms with Gasteiger partial charge in [-0.25, -0.2) is 4.79 Å². The van der Waals surface area contributed by atoms with E-state index in [9.17, 15) is 9.59 Å². The van der Waals surface area contributed by atoms with Gasteiger partial charge in [0.1, 0.15) is 5.57 Å². The van der Waals surface area contributed by atoms with Gasteiger partial charge in [-0.05, 0) is 5.56 Å². The number of hydrogen-bond donors (Lipinski definition) is 0. The Morgan fingerprint density at radius 2 is 1.83 bits per heavy atom. The highest BCUT2D eigenvalue weighted by molar-refractivity contribution is 6.17. The first-order valence-corrected chi connectivity index (χ1v) is 5.58. The van der Waals surface area contributed by atoms with E-state index in [-0.39, 0.29) is 17.8 Å². The van der Waals surface area contributed by atoms with Crippen LogP contribution in [0.2, 0.25) is 0 Å². The number of ether oxygens (including phenoxy) is 1. The lowest BCUT2D eigenvalue weighted by Crippen LogP contribution is -2.19. The molecule has 0 radical (unpaired) electrons. The Morgan fingerprint density at radius 3 is 2.33 bits per heavy atom. The molecule has 0 bridgehead atoms. The lowest BCUT2D eigenvalue weighted by Gasteiger charge is -2.09. The molecule has 0 heterocycles. The number of benzene rings is 1. The minimum absolute atomic E-state index is 0.0614. The molecule has 0 aromatic heterocycles. The number of esters is 1. The van der Waals surface area contributed by atoms with Crippen LogP contribution in [0.3, 0.4) is 0 Å². The summed E-state index contributed by atoms with van der Waals surface area (Å²) in [5.41, 5.74) is 0.933. The van der Waals surface area contributed by atoms with Crippen LogP contribution in [0.4, 0.5) is 0 Å². The summed E-state index contributed by atoms with van der Waals surface area (Å²) < 4.78 is 4.62. The molecule has 0 aliphatic rings. The molecule has 0 spiro atoms. The van der Waals surface area contributed by atoms with Crippen LogP contribution in [-0.2, 0) is 20.7 Å². The van der Waals surface area contributed by atoms with Gasteiger partial charge >= 0.3 is 5.97 Å². The molecule has 0 unspecified atom stereocenters. The average Bonchev–Trinajstić information content (AvgIpc) is 2.36. The number of rotatable bonds is 5. The Morgan fingerprint density at radius 1 is 1.22 bits per heavy atom. The van der Waals surface area contributed by atoms with Gasteiger partial charge in [-0.15, -0.1) is 0 Å². The topological polar surface area (TPSA) is 46.6 Å². The van der Waals surface area contributed by atoms with Crippen molar-refractivity contribution in [1.29, 1.82) is 0 Å². The van der Waals surface area contributed by atoms with E-state index in [4.69, 9.17) is 0 Å². The van der Waals surface area contributed by atoms with Crippen molar-refractivity contribution >= 4 is 11.8 Å². The van der Waals surface area contributed by atoms with Gasteiger partial charge in [0.2, 0.25) is 0 Å². The molecule has 4 nitrogen and oxygen atoms in total. The first kappa shape index (κ1) is 14.0. The first-order chi connectivity index (χ1) is 8.54. The quantitative estimate of drug-likeness (QED) is 0.342. The third-order valence-electron chi connectivity index (χ3n) is 2.30. The summed E-state index contributed by atoms with van der Waals surface area (Å²) in [6, 6.07) is 9.29. The highest BCUT2D eigenvalue weighted by Crippen LogP contribution is 2.08. The third kappa shape index (κ3) is 4.05. The molecule has 1 aromatic rings. The molecular formula is C14H17NO3. The predicted octanol–water partition coefficient (Wildman–Crippen LogP) is 1.42. The molecule has 1 aromatic carbocycles. The van der Waals surface area contributed by atoms with Crippen molar-refractivity contribution in [2.24, 2.45) is 0 Å². The van der Waals surface area contributed by atoms with Crippen LogP contribution in [0.5, 0.6) is 0 Å². The van der Waals surface area contributed by atoms with Crippen molar-refractivity contribution in [1.82, 2.24) is 4.90 Å². The second kappa shape index (κ2) is 6.59. The molecule has 18 heavy (non-hydrogen) atoms. The zero-order valence-corrected chi connectivity index (χ0v) is 10.8. The van der Waals surface area contributed by atoms with Crippen LogP contribution in [0.1, 0.15) is 5.56 Å². The maximum Gasteiger partial charge on any atom is 0.342 e. The summed E-state index contributed by atoms with van der Waals surface area (Å²) in [4.78, 5) is 25.2. The highest BCUT2D eigenvalue weighted by atomic mass is 16.5. The van der Waals surface area contributed by atoms with E-state index in [0.717, 1.165) is 5.56 Å². The largest absolute Gasteiger partial charge is 0.465 e. The molecule has 0 aliphatic heterocycles. The summed E-state index contributed by atoms with van der Waals surface area (Å²) in [5.74, 6) is -0.855. The van der Waals surface area contributed by atoms with Crippen LogP contribution >= 0.6 is 0 Å². The van der Waals surface area contributed by atoms with Gasteiger partial charge in [0, 0.05) is 26.7 Å². The second-order valence-electron chi connectivity index (χ2n) is 4.08. The van der Waals surface area contributed by atoms with E-state index in [1.54, 1.807) is 19.0 Å². The molecule has 0 N–H and O–H groups in total. The second-order valence-corrected chi connectivity index (χ2v) is 4.08. The smallest absolute Gasteiger partial charge is 0.342 e. The van der Waals surface area contributed by atoms with E-state index >= 15 is 0 Å². The first-order valence-electron chi connectivity index (χ1n) is 5.58. The summed E-state index contributed by atoms with van der Waals surface area (Å²) in [6.07, 6.45) is 1.67. The fourth-order valence-corrected chi connectivity index (χ4v) is 1.48. The maximum absolute atomic E-state index is 12.1. The lowest BCUT2D eigenvalue weighted by molar-refractivity contribution is -0.137. The van der Waals surface area contributed by atoms with E-state index in [1.165, 1.54) is 13.3 Å². The molecule has 0 aliphatic carbocycles. The van der Waals surface area contributed by atoms with Crippen molar-refractivity contribution in [3.8, 4) is 0 Å². The Hall–Kier alpha value is -2.10. The minimum Gasteiger partial charge on any atom is -0.465 e. The third-order valence-corrected chi connectivity index (χ3v) is 2.30. The Bertz CT molecular complexity index is 449. The summed E-state index contributed by atoms with van der Waals surface area (Å²) in [6.45, 7) is 0. The van der Waals surface area contributed by atoms with Crippen LogP contribution in [0.15, 0.2) is 42.1 Å². The molecule has 1 rings (SSSR count).